The lowest BCUT2D eigenvalue weighted by Gasteiger charge is -1.96. The molecule has 0 saturated heterocycles. The van der Waals surface area contributed by atoms with Crippen molar-refractivity contribution in [3.05, 3.63) is 0 Å². The summed E-state index contributed by atoms with van der Waals surface area (Å²) in [6.45, 7) is 3.50. The van der Waals surface area contributed by atoms with Crippen molar-refractivity contribution in [1.29, 1.82) is 0 Å². The maximum Gasteiger partial charge on any atom is 0.0823 e. The highest BCUT2D eigenvalue weighted by atomic mass is 16.5. The second kappa shape index (κ2) is 6.92. The zero-order valence-electron chi connectivity index (χ0n) is 5.35. The van der Waals surface area contributed by atoms with Gasteiger partial charge in [-0.15, -0.1) is 0 Å². The predicted molar refractivity (Wildman–Crippen MR) is 31.3 cm³/mol. The highest BCUT2D eigenvalue weighted by Crippen LogP contribution is 1.87. The lowest BCUT2D eigenvalue weighted by molar-refractivity contribution is 0.126. The molecule has 0 rings (SSSR count). The minimum atomic E-state index is 0.0348. The van der Waals surface area contributed by atoms with E-state index in [1.165, 1.54) is 0 Å². The van der Waals surface area contributed by atoms with Crippen LogP contribution >= 0.6 is 0 Å². The summed E-state index contributed by atoms with van der Waals surface area (Å²) < 4.78 is 5.00. The van der Waals surface area contributed by atoms with E-state index < -0.39 is 0 Å². The molecule has 0 saturated carbocycles. The molecule has 0 spiro atoms. The Hall–Kier alpha value is -0.0800. The molecule has 0 N–H and O–H groups in total. The summed E-state index contributed by atoms with van der Waals surface area (Å²) in [5.74, 6) is 0. The summed E-state index contributed by atoms with van der Waals surface area (Å²) in [4.78, 5) is 0. The highest BCUT2D eigenvalue weighted by Gasteiger charge is 1.84. The third kappa shape index (κ3) is 5.92. The summed E-state index contributed by atoms with van der Waals surface area (Å²) in [6, 6.07) is 0. The molecule has 0 aliphatic rings. The minimum Gasteiger partial charge on any atom is -0.382 e. The van der Waals surface area contributed by atoms with Gasteiger partial charge < -0.3 is 4.74 Å². The monoisotopic (exact) mass is 117 g/mol. The fraction of sp³-hybridized carbons (Fsp3) is 1.00. The van der Waals surface area contributed by atoms with Crippen molar-refractivity contribution in [3.8, 4) is 0 Å². The van der Waals surface area contributed by atoms with Gasteiger partial charge in [0.15, 0.2) is 0 Å². The van der Waals surface area contributed by atoms with Crippen molar-refractivity contribution >= 4 is 0 Å². The van der Waals surface area contributed by atoms with Crippen LogP contribution < -0.4 is 0 Å². The van der Waals surface area contributed by atoms with E-state index in [1.807, 2.05) is 6.92 Å². The zero-order valence-corrected chi connectivity index (χ0v) is 5.35. The van der Waals surface area contributed by atoms with Gasteiger partial charge >= 0.3 is 0 Å². The zero-order chi connectivity index (χ0) is 6.24. The molecule has 2 nitrogen and oxygen atoms in total. The third-order valence-corrected chi connectivity index (χ3v) is 0.887. The molecule has 1 radical (unpaired) electrons. The summed E-state index contributed by atoms with van der Waals surface area (Å²) in [5.41, 5.74) is 0. The van der Waals surface area contributed by atoms with Gasteiger partial charge in [0, 0.05) is 13.2 Å². The molecule has 0 aromatic carbocycles. The Balaban J connectivity index is 2.53. The molecule has 49 valence electrons. The molecule has 0 atom stereocenters. The molecule has 0 heterocycles. The predicted octanol–water partition coefficient (Wildman–Crippen LogP) is 1.23. The lowest BCUT2D eigenvalue weighted by Crippen LogP contribution is -1.93. The van der Waals surface area contributed by atoms with E-state index in [0.717, 1.165) is 26.1 Å². The summed E-state index contributed by atoms with van der Waals surface area (Å²) in [7, 11) is 0. The van der Waals surface area contributed by atoms with Gasteiger partial charge in [-0.1, -0.05) is 0 Å². The van der Waals surface area contributed by atoms with Crippen LogP contribution in [0, 0.1) is 0 Å². The molecule has 0 aromatic heterocycles. The minimum absolute atomic E-state index is 0.0348. The van der Waals surface area contributed by atoms with Gasteiger partial charge in [0.1, 0.15) is 0 Å². The number of hydrogen-bond donors (Lipinski definition) is 0. The first-order chi connectivity index (χ1) is 3.91. The second-order valence-corrected chi connectivity index (χ2v) is 1.61. The van der Waals surface area contributed by atoms with Crippen molar-refractivity contribution in [2.24, 2.45) is 0 Å². The lowest BCUT2D eigenvalue weighted by atomic mass is 10.3. The van der Waals surface area contributed by atoms with Crippen LogP contribution in [0.2, 0.25) is 0 Å². The standard InChI is InChI=1S/C6H13O2/c1-2-8-6-4-3-5-7/h2-6H2,1H3. The second-order valence-electron chi connectivity index (χ2n) is 1.61. The van der Waals surface area contributed by atoms with Gasteiger partial charge in [-0.2, -0.15) is 0 Å². The molecule has 0 aromatic rings. The van der Waals surface area contributed by atoms with Crippen LogP contribution in [0.15, 0.2) is 0 Å². The number of hydrogen-bond acceptors (Lipinski definition) is 1. The molecule has 0 aliphatic carbocycles. The summed E-state index contributed by atoms with van der Waals surface area (Å²) in [5, 5.41) is 9.84. The highest BCUT2D eigenvalue weighted by molar-refractivity contribution is 4.33. The Morgan fingerprint density at radius 3 is 2.62 bits per heavy atom. The summed E-state index contributed by atoms with van der Waals surface area (Å²) >= 11 is 0. The van der Waals surface area contributed by atoms with E-state index in [1.54, 1.807) is 0 Å². The van der Waals surface area contributed by atoms with E-state index in [0.29, 0.717) is 0 Å². The molecule has 8 heavy (non-hydrogen) atoms. The van der Waals surface area contributed by atoms with Gasteiger partial charge in [-0.05, 0) is 19.8 Å². The van der Waals surface area contributed by atoms with Crippen LogP contribution in [-0.4, -0.2) is 19.8 Å². The molecule has 0 fully saturated rings. The van der Waals surface area contributed by atoms with E-state index in [4.69, 9.17) is 4.74 Å². The van der Waals surface area contributed by atoms with Gasteiger partial charge in [0.05, 0.1) is 6.61 Å². The van der Waals surface area contributed by atoms with Crippen LogP contribution in [-0.2, 0) is 9.84 Å². The Kier molecular flexibility index (Phi) is 6.85. The van der Waals surface area contributed by atoms with E-state index in [9.17, 15) is 5.11 Å². The molecular formula is C6H13O2. The van der Waals surface area contributed by atoms with Gasteiger partial charge in [-0.3, -0.25) is 0 Å². The SMILES string of the molecule is CCOCCCC[O]. The van der Waals surface area contributed by atoms with Crippen molar-refractivity contribution < 1.29 is 9.84 Å². The molecule has 2 heteroatoms. The average Bonchev–Trinajstić information content (AvgIpc) is 1.81. The normalized spacial score (nSPS) is 9.75. The number of unbranched alkanes of at least 4 members (excludes halogenated alkanes) is 1. The topological polar surface area (TPSA) is 29.1 Å². The van der Waals surface area contributed by atoms with Crippen LogP contribution in [0.4, 0.5) is 0 Å². The fourth-order valence-corrected chi connectivity index (χ4v) is 0.451. The number of rotatable bonds is 5. The molecule has 0 bridgehead atoms. The smallest absolute Gasteiger partial charge is 0.0823 e. The van der Waals surface area contributed by atoms with Crippen LogP contribution in [0.25, 0.3) is 0 Å². The van der Waals surface area contributed by atoms with Crippen LogP contribution in [0.1, 0.15) is 19.8 Å². The van der Waals surface area contributed by atoms with Crippen molar-refractivity contribution in [2.45, 2.75) is 19.8 Å². The van der Waals surface area contributed by atoms with Crippen molar-refractivity contribution in [3.63, 3.8) is 0 Å². The van der Waals surface area contributed by atoms with Gasteiger partial charge in [-0.25, -0.2) is 5.11 Å². The van der Waals surface area contributed by atoms with E-state index in [-0.39, 0.29) is 6.61 Å². The first-order valence-electron chi connectivity index (χ1n) is 3.07. The number of ether oxygens (including phenoxy) is 1. The van der Waals surface area contributed by atoms with Crippen molar-refractivity contribution in [1.82, 2.24) is 0 Å². The van der Waals surface area contributed by atoms with Crippen LogP contribution in [0.5, 0.6) is 0 Å². The Labute approximate surface area is 50.5 Å². The van der Waals surface area contributed by atoms with Gasteiger partial charge in [0.25, 0.3) is 0 Å². The Bertz CT molecular complexity index is 31.5. The quantitative estimate of drug-likeness (QED) is 0.498. The summed E-state index contributed by atoms with van der Waals surface area (Å²) in [6.07, 6.45) is 1.66. The Morgan fingerprint density at radius 1 is 1.38 bits per heavy atom. The molecule has 0 aliphatic heterocycles. The van der Waals surface area contributed by atoms with E-state index >= 15 is 0 Å². The molecule has 0 amide bonds. The maximum atomic E-state index is 9.84. The average molecular weight is 117 g/mol. The largest absolute Gasteiger partial charge is 0.382 e. The Morgan fingerprint density at radius 2 is 2.12 bits per heavy atom. The molecule has 0 unspecified atom stereocenters. The van der Waals surface area contributed by atoms with Crippen molar-refractivity contribution in [2.75, 3.05) is 19.8 Å². The molecular weight excluding hydrogens is 104 g/mol. The van der Waals surface area contributed by atoms with Crippen LogP contribution in [0.3, 0.4) is 0 Å². The first kappa shape index (κ1) is 7.92. The fourth-order valence-electron chi connectivity index (χ4n) is 0.451. The van der Waals surface area contributed by atoms with Gasteiger partial charge in [0.2, 0.25) is 0 Å². The third-order valence-electron chi connectivity index (χ3n) is 0.887. The first-order valence-corrected chi connectivity index (χ1v) is 3.07. The maximum absolute atomic E-state index is 9.84. The van der Waals surface area contributed by atoms with E-state index in [2.05, 4.69) is 0 Å².